The van der Waals surface area contributed by atoms with Gasteiger partial charge in [0.2, 0.25) is 11.9 Å². The van der Waals surface area contributed by atoms with Crippen molar-refractivity contribution in [3.05, 3.63) is 35.4 Å². The van der Waals surface area contributed by atoms with E-state index in [9.17, 15) is 18.4 Å². The second-order valence-electron chi connectivity index (χ2n) is 7.69. The minimum absolute atomic E-state index is 0.0255. The van der Waals surface area contributed by atoms with Gasteiger partial charge in [0.1, 0.15) is 22.8 Å². The largest absolute Gasteiger partial charge is 0.444 e. The van der Waals surface area contributed by atoms with E-state index in [1.807, 2.05) is 0 Å². The van der Waals surface area contributed by atoms with Crippen LogP contribution in [0.1, 0.15) is 26.3 Å². The molecule has 0 saturated carbocycles. The fraction of sp³-hybridized carbons (Fsp3) is 0.500. The molecule has 146 valence electrons. The van der Waals surface area contributed by atoms with Crippen LogP contribution in [0, 0.1) is 17.6 Å². The Morgan fingerprint density at radius 3 is 2.78 bits per heavy atom. The highest BCUT2D eigenvalue weighted by Crippen LogP contribution is 2.42. The van der Waals surface area contributed by atoms with Gasteiger partial charge < -0.3 is 10.1 Å². The van der Waals surface area contributed by atoms with Gasteiger partial charge in [0.25, 0.3) is 0 Å². The van der Waals surface area contributed by atoms with E-state index in [1.54, 1.807) is 20.8 Å². The van der Waals surface area contributed by atoms with Gasteiger partial charge in [0.15, 0.2) is 0 Å². The van der Waals surface area contributed by atoms with Crippen molar-refractivity contribution in [3.63, 3.8) is 0 Å². The predicted molar refractivity (Wildman–Crippen MR) is 94.0 cm³/mol. The number of halogens is 2. The van der Waals surface area contributed by atoms with E-state index in [-0.39, 0.29) is 30.5 Å². The van der Waals surface area contributed by atoms with Crippen LogP contribution in [0.15, 0.2) is 23.2 Å². The van der Waals surface area contributed by atoms with Crippen LogP contribution in [0.3, 0.4) is 0 Å². The molecule has 1 aromatic rings. The maximum Gasteiger partial charge on any atom is 0.414 e. The molecular formula is C18H22F2N4O3. The molecule has 0 bridgehead atoms. The van der Waals surface area contributed by atoms with Gasteiger partial charge >= 0.3 is 6.09 Å². The predicted octanol–water partition coefficient (Wildman–Crippen LogP) is 1.73. The minimum Gasteiger partial charge on any atom is -0.444 e. The van der Waals surface area contributed by atoms with Crippen molar-refractivity contribution in [2.45, 2.75) is 31.9 Å². The molecule has 7 nitrogen and oxygen atoms in total. The third kappa shape index (κ3) is 3.51. The number of carbonyl (C=O) groups is 2. The fourth-order valence-electron chi connectivity index (χ4n) is 3.39. The zero-order chi connectivity index (χ0) is 20.0. The Hall–Kier alpha value is -2.55. The molecule has 0 aromatic heterocycles. The lowest BCUT2D eigenvalue weighted by Crippen LogP contribution is -2.57. The Morgan fingerprint density at radius 2 is 2.11 bits per heavy atom. The first-order valence-electron chi connectivity index (χ1n) is 8.57. The number of nitrogens with one attached hydrogen (secondary N) is 2. The first kappa shape index (κ1) is 19.2. The Labute approximate surface area is 155 Å². The number of aliphatic imine (C=N–C) groups is 1. The molecule has 0 aliphatic carbocycles. The van der Waals surface area contributed by atoms with E-state index in [1.165, 1.54) is 11.9 Å². The van der Waals surface area contributed by atoms with Crippen molar-refractivity contribution in [3.8, 4) is 0 Å². The Kier molecular flexibility index (Phi) is 4.67. The maximum absolute atomic E-state index is 14.5. The van der Waals surface area contributed by atoms with Gasteiger partial charge in [-0.05, 0) is 39.0 Å². The number of alkyl carbamates (subject to hydrolysis) is 1. The zero-order valence-electron chi connectivity index (χ0n) is 15.6. The quantitative estimate of drug-likeness (QED) is 0.777. The summed E-state index contributed by atoms with van der Waals surface area (Å²) >= 11 is 0. The molecule has 2 amide bonds. The van der Waals surface area contributed by atoms with E-state index < -0.39 is 34.8 Å². The van der Waals surface area contributed by atoms with Crippen molar-refractivity contribution >= 4 is 18.0 Å². The standard InChI is InChI=1S/C18H22F2N4O3/c1-17(2,3)27-16(26)22-15-23-18(11-7-10(19)5-6-13(11)20)9-21-8-12(18)14(25)24(15)4/h5-7,12,21H,8-9H2,1-4H3,(H,22,23,26). The molecule has 2 unspecified atom stereocenters. The molecule has 2 N–H and O–H groups in total. The third-order valence-corrected chi connectivity index (χ3v) is 4.58. The smallest absolute Gasteiger partial charge is 0.414 e. The van der Waals surface area contributed by atoms with Crippen LogP contribution in [-0.4, -0.2) is 48.6 Å². The van der Waals surface area contributed by atoms with Gasteiger partial charge in [-0.25, -0.2) is 18.6 Å². The summed E-state index contributed by atoms with van der Waals surface area (Å²) in [5.41, 5.74) is -2.12. The summed E-state index contributed by atoms with van der Waals surface area (Å²) in [6.07, 6.45) is -0.792. The van der Waals surface area contributed by atoms with Crippen LogP contribution < -0.4 is 10.6 Å². The lowest BCUT2D eigenvalue weighted by molar-refractivity contribution is -0.132. The lowest BCUT2D eigenvalue weighted by atomic mass is 9.79. The van der Waals surface area contributed by atoms with E-state index in [4.69, 9.17) is 4.74 Å². The van der Waals surface area contributed by atoms with Crippen molar-refractivity contribution in [1.82, 2.24) is 15.5 Å². The number of ether oxygens (including phenoxy) is 1. The summed E-state index contributed by atoms with van der Waals surface area (Å²) in [6, 6.07) is 3.06. The molecule has 1 fully saturated rings. The molecule has 27 heavy (non-hydrogen) atoms. The highest BCUT2D eigenvalue weighted by Gasteiger charge is 2.54. The summed E-state index contributed by atoms with van der Waals surface area (Å²) in [5.74, 6) is -2.44. The molecule has 3 rings (SSSR count). The van der Waals surface area contributed by atoms with Crippen molar-refractivity contribution in [2.24, 2.45) is 10.9 Å². The Morgan fingerprint density at radius 1 is 1.41 bits per heavy atom. The van der Waals surface area contributed by atoms with Crippen LogP contribution in [0.25, 0.3) is 0 Å². The third-order valence-electron chi connectivity index (χ3n) is 4.58. The Bertz CT molecular complexity index is 821. The van der Waals surface area contributed by atoms with Gasteiger partial charge in [0.05, 0.1) is 5.92 Å². The van der Waals surface area contributed by atoms with Crippen LogP contribution in [0.4, 0.5) is 13.6 Å². The van der Waals surface area contributed by atoms with E-state index in [0.29, 0.717) is 0 Å². The summed E-state index contributed by atoms with van der Waals surface area (Å²) in [4.78, 5) is 30.7. The van der Waals surface area contributed by atoms with Gasteiger partial charge in [-0.3, -0.25) is 15.0 Å². The molecule has 0 spiro atoms. The number of fused-ring (bicyclic) bond motifs is 1. The van der Waals surface area contributed by atoms with Gasteiger partial charge in [0, 0.05) is 25.7 Å². The molecule has 1 aromatic carbocycles. The van der Waals surface area contributed by atoms with E-state index >= 15 is 0 Å². The summed E-state index contributed by atoms with van der Waals surface area (Å²) < 4.78 is 33.5. The van der Waals surface area contributed by atoms with Crippen molar-refractivity contribution in [1.29, 1.82) is 0 Å². The molecule has 2 aliphatic rings. The van der Waals surface area contributed by atoms with Crippen LogP contribution in [0.5, 0.6) is 0 Å². The molecule has 2 aliphatic heterocycles. The molecule has 1 saturated heterocycles. The average molecular weight is 380 g/mol. The summed E-state index contributed by atoms with van der Waals surface area (Å²) in [5, 5.41) is 5.47. The highest BCUT2D eigenvalue weighted by molar-refractivity contribution is 6.06. The molecular weight excluding hydrogens is 358 g/mol. The number of amides is 2. The van der Waals surface area contributed by atoms with E-state index in [0.717, 1.165) is 18.2 Å². The van der Waals surface area contributed by atoms with Crippen molar-refractivity contribution in [2.75, 3.05) is 20.1 Å². The molecule has 0 radical (unpaired) electrons. The molecule has 9 heteroatoms. The van der Waals surface area contributed by atoms with E-state index in [2.05, 4.69) is 15.6 Å². The van der Waals surface area contributed by atoms with Crippen molar-refractivity contribution < 1.29 is 23.1 Å². The average Bonchev–Trinajstić information content (AvgIpc) is 2.97. The number of carbonyl (C=O) groups excluding carboxylic acids is 2. The number of benzene rings is 1. The summed E-state index contributed by atoms with van der Waals surface area (Å²) in [6.45, 7) is 5.50. The SMILES string of the molecule is CN1C(=O)C2CNCC2(c2cc(F)ccc2F)N=C1NC(=O)OC(C)(C)C. The number of hydrogen-bond acceptors (Lipinski definition) is 5. The second kappa shape index (κ2) is 6.56. The molecule has 2 heterocycles. The zero-order valence-corrected chi connectivity index (χ0v) is 15.6. The normalized spacial score (nSPS) is 25.1. The van der Waals surface area contributed by atoms with Gasteiger partial charge in [-0.15, -0.1) is 0 Å². The number of rotatable bonds is 1. The number of nitrogens with zero attached hydrogens (tertiary/aromatic N) is 2. The van der Waals surface area contributed by atoms with Crippen LogP contribution in [-0.2, 0) is 15.1 Å². The second-order valence-corrected chi connectivity index (χ2v) is 7.69. The first-order chi connectivity index (χ1) is 12.5. The highest BCUT2D eigenvalue weighted by atomic mass is 19.1. The number of hydrogen-bond donors (Lipinski definition) is 2. The topological polar surface area (TPSA) is 83.0 Å². The molecule has 2 atom stereocenters. The first-order valence-corrected chi connectivity index (χ1v) is 8.57. The van der Waals surface area contributed by atoms with Gasteiger partial charge in [-0.1, -0.05) is 0 Å². The van der Waals surface area contributed by atoms with Crippen LogP contribution >= 0.6 is 0 Å². The lowest BCUT2D eigenvalue weighted by Gasteiger charge is -2.39. The minimum atomic E-state index is -1.35. The fourth-order valence-corrected chi connectivity index (χ4v) is 3.39. The summed E-state index contributed by atoms with van der Waals surface area (Å²) in [7, 11) is 1.46. The van der Waals surface area contributed by atoms with Crippen LogP contribution in [0.2, 0.25) is 0 Å². The number of guanidine groups is 1. The maximum atomic E-state index is 14.5. The van der Waals surface area contributed by atoms with Gasteiger partial charge in [-0.2, -0.15) is 0 Å². The monoisotopic (exact) mass is 380 g/mol. The Balaban J connectivity index is 2.05.